The molecule has 2 aromatic rings. The van der Waals surface area contributed by atoms with Gasteiger partial charge in [0, 0.05) is 18.7 Å². The molecular formula is C20H24N2O4S. The van der Waals surface area contributed by atoms with Crippen LogP contribution in [0.1, 0.15) is 29.5 Å². The molecule has 6 nitrogen and oxygen atoms in total. The molecule has 0 atom stereocenters. The first kappa shape index (κ1) is 19.2. The summed E-state index contributed by atoms with van der Waals surface area (Å²) >= 11 is 0. The van der Waals surface area contributed by atoms with Gasteiger partial charge in [-0.2, -0.15) is 0 Å². The van der Waals surface area contributed by atoms with E-state index in [-0.39, 0.29) is 10.8 Å². The van der Waals surface area contributed by atoms with E-state index in [0.29, 0.717) is 30.0 Å². The van der Waals surface area contributed by atoms with Gasteiger partial charge in [-0.1, -0.05) is 6.07 Å². The van der Waals surface area contributed by atoms with Crippen molar-refractivity contribution in [1.29, 1.82) is 0 Å². The monoisotopic (exact) mass is 388 g/mol. The Morgan fingerprint density at radius 3 is 2.44 bits per heavy atom. The first-order valence-electron chi connectivity index (χ1n) is 8.82. The molecule has 1 saturated heterocycles. The number of amides is 1. The molecule has 0 unspecified atom stereocenters. The number of carbonyl (C=O) groups is 1. The fourth-order valence-corrected chi connectivity index (χ4v) is 4.71. The molecule has 1 fully saturated rings. The fourth-order valence-electron chi connectivity index (χ4n) is 3.36. The quantitative estimate of drug-likeness (QED) is 0.850. The van der Waals surface area contributed by atoms with Gasteiger partial charge >= 0.3 is 0 Å². The summed E-state index contributed by atoms with van der Waals surface area (Å²) in [6.45, 7) is 6.16. The van der Waals surface area contributed by atoms with Crippen LogP contribution in [0.2, 0.25) is 0 Å². The molecular weight excluding hydrogens is 364 g/mol. The summed E-state index contributed by atoms with van der Waals surface area (Å²) in [5.41, 5.74) is 3.55. The van der Waals surface area contributed by atoms with Gasteiger partial charge in [0.25, 0.3) is 10.0 Å². The van der Waals surface area contributed by atoms with Crippen molar-refractivity contribution in [2.24, 2.45) is 0 Å². The van der Waals surface area contributed by atoms with E-state index in [9.17, 15) is 13.2 Å². The molecule has 0 spiro atoms. The van der Waals surface area contributed by atoms with E-state index < -0.39 is 10.0 Å². The zero-order valence-corrected chi connectivity index (χ0v) is 16.8. The van der Waals surface area contributed by atoms with Crippen molar-refractivity contribution in [1.82, 2.24) is 0 Å². The lowest BCUT2D eigenvalue weighted by Gasteiger charge is -2.20. The zero-order valence-electron chi connectivity index (χ0n) is 16.0. The van der Waals surface area contributed by atoms with Crippen LogP contribution in [-0.2, 0) is 14.8 Å². The maximum absolute atomic E-state index is 12.9. The third kappa shape index (κ3) is 3.64. The summed E-state index contributed by atoms with van der Waals surface area (Å²) in [5, 5.41) is 0. The van der Waals surface area contributed by atoms with E-state index in [2.05, 4.69) is 4.72 Å². The van der Waals surface area contributed by atoms with Gasteiger partial charge in [-0.05, 0) is 68.1 Å². The van der Waals surface area contributed by atoms with Crippen molar-refractivity contribution in [3.05, 3.63) is 47.0 Å². The summed E-state index contributed by atoms with van der Waals surface area (Å²) in [6, 6.07) is 8.46. The minimum absolute atomic E-state index is 0.0692. The van der Waals surface area contributed by atoms with E-state index in [1.165, 1.54) is 0 Å². The number of nitrogens with zero attached hydrogens (tertiary/aromatic N) is 1. The number of rotatable bonds is 5. The van der Waals surface area contributed by atoms with Gasteiger partial charge in [0.1, 0.15) is 5.75 Å². The van der Waals surface area contributed by atoms with E-state index in [4.69, 9.17) is 4.74 Å². The van der Waals surface area contributed by atoms with Crippen LogP contribution in [0.15, 0.2) is 35.2 Å². The van der Waals surface area contributed by atoms with Crippen molar-refractivity contribution in [3.63, 3.8) is 0 Å². The SMILES string of the molecule is COc1ccc(S(=O)(=O)Nc2ccc(C)c(N3CCCC3=O)c2)c(C)c1C. The Morgan fingerprint density at radius 1 is 1.07 bits per heavy atom. The number of carbonyl (C=O) groups excluding carboxylic acids is 1. The number of hydrogen-bond acceptors (Lipinski definition) is 4. The highest BCUT2D eigenvalue weighted by atomic mass is 32.2. The van der Waals surface area contributed by atoms with Crippen LogP contribution in [0.5, 0.6) is 5.75 Å². The van der Waals surface area contributed by atoms with Crippen LogP contribution in [0.25, 0.3) is 0 Å². The Balaban J connectivity index is 1.95. The second-order valence-corrected chi connectivity index (χ2v) is 8.42. The Kier molecular flexibility index (Phi) is 5.15. The Hall–Kier alpha value is -2.54. The van der Waals surface area contributed by atoms with Crippen molar-refractivity contribution >= 4 is 27.3 Å². The molecule has 0 saturated carbocycles. The first-order valence-corrected chi connectivity index (χ1v) is 10.3. The summed E-state index contributed by atoms with van der Waals surface area (Å²) < 4.78 is 33.7. The molecule has 0 aromatic heterocycles. The van der Waals surface area contributed by atoms with Crippen molar-refractivity contribution < 1.29 is 17.9 Å². The zero-order chi connectivity index (χ0) is 19.8. The molecule has 2 aromatic carbocycles. The Morgan fingerprint density at radius 2 is 1.81 bits per heavy atom. The predicted octanol–water partition coefficient (Wildman–Crippen LogP) is 3.55. The first-order chi connectivity index (χ1) is 12.7. The van der Waals surface area contributed by atoms with Gasteiger partial charge in [-0.25, -0.2) is 8.42 Å². The van der Waals surface area contributed by atoms with Crippen LogP contribution in [0.4, 0.5) is 11.4 Å². The number of hydrogen-bond donors (Lipinski definition) is 1. The molecule has 3 rings (SSSR count). The molecule has 0 bridgehead atoms. The van der Waals surface area contributed by atoms with Crippen molar-refractivity contribution in [3.8, 4) is 5.75 Å². The highest BCUT2D eigenvalue weighted by molar-refractivity contribution is 7.92. The molecule has 27 heavy (non-hydrogen) atoms. The number of aryl methyl sites for hydroxylation is 1. The van der Waals surface area contributed by atoms with Crippen molar-refractivity contribution in [2.45, 2.75) is 38.5 Å². The lowest BCUT2D eigenvalue weighted by molar-refractivity contribution is -0.117. The van der Waals surface area contributed by atoms with Crippen LogP contribution in [0, 0.1) is 20.8 Å². The normalized spacial score (nSPS) is 14.5. The highest BCUT2D eigenvalue weighted by Crippen LogP contribution is 2.31. The number of ether oxygens (including phenoxy) is 1. The lowest BCUT2D eigenvalue weighted by Crippen LogP contribution is -2.24. The fraction of sp³-hybridized carbons (Fsp3) is 0.350. The van der Waals surface area contributed by atoms with Crippen LogP contribution in [-0.4, -0.2) is 28.0 Å². The molecule has 1 N–H and O–H groups in total. The molecule has 0 radical (unpaired) electrons. The third-order valence-corrected chi connectivity index (χ3v) is 6.55. The Labute approximate surface area is 160 Å². The topological polar surface area (TPSA) is 75.7 Å². The maximum atomic E-state index is 12.9. The smallest absolute Gasteiger partial charge is 0.262 e. The predicted molar refractivity (Wildman–Crippen MR) is 106 cm³/mol. The largest absolute Gasteiger partial charge is 0.496 e. The van der Waals surface area contributed by atoms with Crippen LogP contribution >= 0.6 is 0 Å². The number of methoxy groups -OCH3 is 1. The molecule has 1 aliphatic heterocycles. The van der Waals surface area contributed by atoms with Gasteiger partial charge in [0.2, 0.25) is 5.91 Å². The molecule has 7 heteroatoms. The highest BCUT2D eigenvalue weighted by Gasteiger charge is 2.24. The number of anilines is 2. The molecule has 0 aliphatic carbocycles. The minimum atomic E-state index is -3.77. The summed E-state index contributed by atoms with van der Waals surface area (Å²) in [4.78, 5) is 14.0. The average molecular weight is 388 g/mol. The van der Waals surface area contributed by atoms with Gasteiger partial charge in [-0.15, -0.1) is 0 Å². The average Bonchev–Trinajstić information content (AvgIpc) is 3.04. The number of benzene rings is 2. The lowest BCUT2D eigenvalue weighted by atomic mass is 10.1. The molecule has 1 amide bonds. The molecule has 1 aliphatic rings. The molecule has 1 heterocycles. The third-order valence-electron chi connectivity index (χ3n) is 5.02. The molecule has 144 valence electrons. The standard InChI is InChI=1S/C20H24N2O4S/c1-13-7-8-16(12-17(13)22-11-5-6-20(22)23)21-27(24,25)19-10-9-18(26-4)14(2)15(19)3/h7-10,12,21H,5-6,11H2,1-4H3. The van der Waals surface area contributed by atoms with E-state index in [0.717, 1.165) is 23.2 Å². The van der Waals surface area contributed by atoms with Gasteiger partial charge in [0.05, 0.1) is 17.7 Å². The maximum Gasteiger partial charge on any atom is 0.262 e. The second-order valence-electron chi connectivity index (χ2n) is 6.77. The Bertz CT molecular complexity index is 999. The van der Waals surface area contributed by atoms with E-state index >= 15 is 0 Å². The summed E-state index contributed by atoms with van der Waals surface area (Å²) in [6.07, 6.45) is 1.35. The van der Waals surface area contributed by atoms with Gasteiger partial charge < -0.3 is 9.64 Å². The van der Waals surface area contributed by atoms with Crippen LogP contribution < -0.4 is 14.4 Å². The number of sulfonamides is 1. The van der Waals surface area contributed by atoms with Crippen molar-refractivity contribution in [2.75, 3.05) is 23.3 Å². The van der Waals surface area contributed by atoms with Gasteiger partial charge in [0.15, 0.2) is 0 Å². The summed E-state index contributed by atoms with van der Waals surface area (Å²) in [7, 11) is -2.21. The van der Waals surface area contributed by atoms with Crippen LogP contribution in [0.3, 0.4) is 0 Å². The number of nitrogens with one attached hydrogen (secondary N) is 1. The second kappa shape index (κ2) is 7.23. The minimum Gasteiger partial charge on any atom is -0.496 e. The summed E-state index contributed by atoms with van der Waals surface area (Å²) in [5.74, 6) is 0.719. The van der Waals surface area contributed by atoms with Gasteiger partial charge in [-0.3, -0.25) is 9.52 Å². The van der Waals surface area contributed by atoms with E-state index in [1.807, 2.05) is 19.9 Å². The van der Waals surface area contributed by atoms with E-state index in [1.54, 1.807) is 43.2 Å².